The minimum atomic E-state index is 0. The van der Waals surface area contributed by atoms with Gasteiger partial charge in [-0.1, -0.05) is 0 Å². The molecule has 5 nitrogen and oxygen atoms in total. The monoisotopic (exact) mass is 184 g/mol. The first-order valence-corrected chi connectivity index (χ1v) is 4.11. The maximum Gasteiger partial charge on any atom is 0.0451 e. The van der Waals surface area contributed by atoms with Crippen LogP contribution in [0.5, 0.6) is 0 Å². The van der Waals surface area contributed by atoms with Gasteiger partial charge in [-0.25, -0.2) is 0 Å². The standard InChI is InChI=1S/C4H10N2.C4H4N2.H2O/c2*1-2-6-4-3-5-1;/h5-6H,1-4H2;1-4H;1H2. The Balaban J connectivity index is 0.000000206. The normalized spacial score (nSPS) is 14.8. The van der Waals surface area contributed by atoms with Crippen molar-refractivity contribution in [2.45, 2.75) is 0 Å². The van der Waals surface area contributed by atoms with Crippen LogP contribution in [0.2, 0.25) is 0 Å². The zero-order valence-electron chi connectivity index (χ0n) is 7.53. The second-order valence-electron chi connectivity index (χ2n) is 2.39. The molecule has 1 aliphatic rings. The van der Waals surface area contributed by atoms with Crippen LogP contribution in [0.4, 0.5) is 0 Å². The van der Waals surface area contributed by atoms with Crippen LogP contribution >= 0.6 is 0 Å². The summed E-state index contributed by atoms with van der Waals surface area (Å²) >= 11 is 0. The van der Waals surface area contributed by atoms with E-state index in [0.717, 1.165) is 26.2 Å². The fourth-order valence-corrected chi connectivity index (χ4v) is 0.857. The number of piperazine rings is 1. The van der Waals surface area contributed by atoms with E-state index in [1.54, 1.807) is 24.8 Å². The SMILES string of the molecule is C1CNCCN1.O.c1cnccn1. The van der Waals surface area contributed by atoms with Crippen LogP contribution in [0.1, 0.15) is 0 Å². The van der Waals surface area contributed by atoms with Crippen molar-refractivity contribution >= 4 is 0 Å². The first-order chi connectivity index (χ1) is 6.00. The van der Waals surface area contributed by atoms with Gasteiger partial charge in [0.2, 0.25) is 0 Å². The summed E-state index contributed by atoms with van der Waals surface area (Å²) < 4.78 is 0. The van der Waals surface area contributed by atoms with Gasteiger partial charge in [0.1, 0.15) is 0 Å². The van der Waals surface area contributed by atoms with Crippen molar-refractivity contribution in [1.82, 2.24) is 20.6 Å². The molecular formula is C8H16N4O. The van der Waals surface area contributed by atoms with Gasteiger partial charge in [-0.2, -0.15) is 0 Å². The molecular weight excluding hydrogens is 168 g/mol. The van der Waals surface area contributed by atoms with E-state index in [1.165, 1.54) is 0 Å². The first-order valence-electron chi connectivity index (χ1n) is 4.11. The van der Waals surface area contributed by atoms with Crippen LogP contribution in [0.25, 0.3) is 0 Å². The summed E-state index contributed by atoms with van der Waals surface area (Å²) in [5, 5.41) is 6.44. The topological polar surface area (TPSA) is 81.3 Å². The molecule has 1 aromatic rings. The average molecular weight is 184 g/mol. The average Bonchev–Trinajstić information content (AvgIpc) is 2.24. The highest BCUT2D eigenvalue weighted by atomic mass is 16.0. The zero-order chi connectivity index (χ0) is 8.49. The predicted octanol–water partition coefficient (Wildman–Crippen LogP) is -1.17. The van der Waals surface area contributed by atoms with Gasteiger partial charge < -0.3 is 16.1 Å². The molecule has 1 aromatic heterocycles. The molecule has 0 bridgehead atoms. The van der Waals surface area contributed by atoms with Crippen molar-refractivity contribution in [2.24, 2.45) is 0 Å². The molecule has 0 aromatic carbocycles. The van der Waals surface area contributed by atoms with E-state index >= 15 is 0 Å². The fourth-order valence-electron chi connectivity index (χ4n) is 0.857. The van der Waals surface area contributed by atoms with Crippen LogP contribution in [0.3, 0.4) is 0 Å². The summed E-state index contributed by atoms with van der Waals surface area (Å²) in [4.78, 5) is 7.44. The van der Waals surface area contributed by atoms with Crippen LogP contribution in [-0.4, -0.2) is 41.6 Å². The van der Waals surface area contributed by atoms with E-state index in [-0.39, 0.29) is 5.48 Å². The van der Waals surface area contributed by atoms with Crippen LogP contribution in [0, 0.1) is 0 Å². The van der Waals surface area contributed by atoms with Crippen molar-refractivity contribution in [3.8, 4) is 0 Å². The molecule has 5 heteroatoms. The lowest BCUT2D eigenvalue weighted by molar-refractivity contribution is 0.534. The minimum Gasteiger partial charge on any atom is -0.412 e. The molecule has 0 spiro atoms. The molecule has 0 amide bonds. The molecule has 0 saturated carbocycles. The Morgan fingerprint density at radius 2 is 1.00 bits per heavy atom. The van der Waals surface area contributed by atoms with Gasteiger partial charge >= 0.3 is 0 Å². The van der Waals surface area contributed by atoms with Gasteiger partial charge in [-0.3, -0.25) is 9.97 Å². The van der Waals surface area contributed by atoms with Crippen molar-refractivity contribution in [3.05, 3.63) is 24.8 Å². The third-order valence-electron chi connectivity index (χ3n) is 1.43. The Bertz CT molecular complexity index is 141. The second-order valence-corrected chi connectivity index (χ2v) is 2.39. The summed E-state index contributed by atoms with van der Waals surface area (Å²) in [6.07, 6.45) is 6.56. The largest absolute Gasteiger partial charge is 0.412 e. The Labute approximate surface area is 77.9 Å². The predicted molar refractivity (Wildman–Crippen MR) is 51.4 cm³/mol. The molecule has 1 fully saturated rings. The van der Waals surface area contributed by atoms with E-state index in [9.17, 15) is 0 Å². The van der Waals surface area contributed by atoms with E-state index in [2.05, 4.69) is 20.6 Å². The number of rotatable bonds is 0. The second kappa shape index (κ2) is 9.05. The molecule has 4 N–H and O–H groups in total. The van der Waals surface area contributed by atoms with Crippen LogP contribution < -0.4 is 10.6 Å². The highest BCUT2D eigenvalue weighted by Crippen LogP contribution is 1.66. The maximum atomic E-state index is 3.72. The third kappa shape index (κ3) is 7.32. The minimum absolute atomic E-state index is 0. The summed E-state index contributed by atoms with van der Waals surface area (Å²) in [6.45, 7) is 4.56. The van der Waals surface area contributed by atoms with Crippen molar-refractivity contribution < 1.29 is 5.48 Å². The Morgan fingerprint density at radius 3 is 1.15 bits per heavy atom. The van der Waals surface area contributed by atoms with E-state index in [4.69, 9.17) is 0 Å². The van der Waals surface area contributed by atoms with Gasteiger partial charge in [0.25, 0.3) is 0 Å². The molecule has 0 unspecified atom stereocenters. The highest BCUT2D eigenvalue weighted by Gasteiger charge is 1.91. The van der Waals surface area contributed by atoms with E-state index in [0.29, 0.717) is 0 Å². The zero-order valence-corrected chi connectivity index (χ0v) is 7.53. The fraction of sp³-hybridized carbons (Fsp3) is 0.500. The number of hydrogen-bond donors (Lipinski definition) is 2. The van der Waals surface area contributed by atoms with Gasteiger partial charge in [-0.05, 0) is 0 Å². The summed E-state index contributed by atoms with van der Waals surface area (Å²) in [7, 11) is 0. The van der Waals surface area contributed by atoms with Crippen molar-refractivity contribution in [1.29, 1.82) is 0 Å². The molecule has 2 rings (SSSR count). The molecule has 0 atom stereocenters. The molecule has 2 heterocycles. The van der Waals surface area contributed by atoms with E-state index in [1.807, 2.05) is 0 Å². The number of aromatic nitrogens is 2. The number of nitrogens with one attached hydrogen (secondary N) is 2. The summed E-state index contributed by atoms with van der Waals surface area (Å²) in [6, 6.07) is 0. The first kappa shape index (κ1) is 12.0. The Kier molecular flexibility index (Phi) is 8.33. The molecule has 0 radical (unpaired) electrons. The number of nitrogens with zero attached hydrogens (tertiary/aromatic N) is 2. The molecule has 13 heavy (non-hydrogen) atoms. The smallest absolute Gasteiger partial charge is 0.0451 e. The van der Waals surface area contributed by atoms with Crippen LogP contribution in [0.15, 0.2) is 24.8 Å². The molecule has 1 saturated heterocycles. The van der Waals surface area contributed by atoms with Crippen molar-refractivity contribution in [2.75, 3.05) is 26.2 Å². The van der Waals surface area contributed by atoms with Gasteiger partial charge in [0, 0.05) is 51.0 Å². The highest BCUT2D eigenvalue weighted by molar-refractivity contribution is 4.70. The molecule has 1 aliphatic heterocycles. The third-order valence-corrected chi connectivity index (χ3v) is 1.43. The van der Waals surface area contributed by atoms with E-state index < -0.39 is 0 Å². The van der Waals surface area contributed by atoms with Crippen molar-refractivity contribution in [3.63, 3.8) is 0 Å². The Hall–Kier alpha value is -1.04. The lowest BCUT2D eigenvalue weighted by Crippen LogP contribution is -2.39. The van der Waals surface area contributed by atoms with Crippen LogP contribution in [-0.2, 0) is 0 Å². The molecule has 74 valence electrons. The molecule has 0 aliphatic carbocycles. The lowest BCUT2D eigenvalue weighted by atomic mass is 10.4. The van der Waals surface area contributed by atoms with Gasteiger partial charge in [0.15, 0.2) is 0 Å². The number of hydrogen-bond acceptors (Lipinski definition) is 4. The summed E-state index contributed by atoms with van der Waals surface area (Å²) in [5.41, 5.74) is 0. The Morgan fingerprint density at radius 1 is 0.692 bits per heavy atom. The van der Waals surface area contributed by atoms with Gasteiger partial charge in [0.05, 0.1) is 0 Å². The maximum absolute atomic E-state index is 3.72. The van der Waals surface area contributed by atoms with Gasteiger partial charge in [-0.15, -0.1) is 0 Å². The quantitative estimate of drug-likeness (QED) is 0.532. The lowest BCUT2D eigenvalue weighted by Gasteiger charge is -2.11. The summed E-state index contributed by atoms with van der Waals surface area (Å²) in [5.74, 6) is 0.